The number of aromatic nitrogens is 2. The van der Waals surface area contributed by atoms with Crippen LogP contribution in [0.5, 0.6) is 28.7 Å². The van der Waals surface area contributed by atoms with E-state index in [4.69, 9.17) is 40.3 Å². The number of nitrogens with zero attached hydrogens (tertiary/aromatic N) is 3. The molecular weight excluding hydrogens is 434 g/mol. The van der Waals surface area contributed by atoms with Crippen LogP contribution in [0.1, 0.15) is 5.56 Å². The zero-order valence-electron chi connectivity index (χ0n) is 18.4. The first-order chi connectivity index (χ1) is 15.5. The summed E-state index contributed by atoms with van der Waals surface area (Å²) in [6.07, 6.45) is 0. The van der Waals surface area contributed by atoms with Crippen molar-refractivity contribution < 1.29 is 28.1 Å². The number of hydrogen-bond donors (Lipinski definition) is 0. The van der Waals surface area contributed by atoms with Crippen LogP contribution in [0.2, 0.25) is 0 Å². The summed E-state index contributed by atoms with van der Waals surface area (Å²) in [7, 11) is 6.65. The lowest BCUT2D eigenvalue weighted by Crippen LogP contribution is -2.22. The monoisotopic (exact) mass is 459 g/mol. The van der Waals surface area contributed by atoms with Crippen LogP contribution < -0.4 is 23.7 Å². The van der Waals surface area contributed by atoms with Gasteiger partial charge in [-0.1, -0.05) is 6.07 Å². The van der Waals surface area contributed by atoms with E-state index in [-0.39, 0.29) is 4.84 Å². The van der Waals surface area contributed by atoms with Crippen LogP contribution in [0.3, 0.4) is 0 Å². The Kier molecular flexibility index (Phi) is 6.52. The summed E-state index contributed by atoms with van der Waals surface area (Å²) in [5.74, 6) is 3.42. The van der Waals surface area contributed by atoms with Crippen molar-refractivity contribution >= 4 is 12.2 Å². The molecule has 32 heavy (non-hydrogen) atoms. The zero-order chi connectivity index (χ0) is 22.7. The molecule has 1 aliphatic heterocycles. The lowest BCUT2D eigenvalue weighted by atomic mass is 10.2. The molecule has 0 spiro atoms. The predicted octanol–water partition coefficient (Wildman–Crippen LogP) is 3.76. The van der Waals surface area contributed by atoms with Crippen molar-refractivity contribution in [2.45, 2.75) is 13.2 Å². The summed E-state index contributed by atoms with van der Waals surface area (Å²) >= 11 is 5.39. The Hall–Kier alpha value is -3.24. The van der Waals surface area contributed by atoms with Crippen molar-refractivity contribution in [2.75, 3.05) is 41.6 Å². The first-order valence-electron chi connectivity index (χ1n) is 9.97. The average Bonchev–Trinajstić information content (AvgIpc) is 3.17. The van der Waals surface area contributed by atoms with Crippen LogP contribution >= 0.6 is 12.2 Å². The second-order valence-electron chi connectivity index (χ2n) is 7.22. The highest BCUT2D eigenvalue weighted by Crippen LogP contribution is 2.41. The molecule has 0 aliphatic carbocycles. The van der Waals surface area contributed by atoms with Gasteiger partial charge in [-0.05, 0) is 49.1 Å². The van der Waals surface area contributed by atoms with Crippen molar-refractivity contribution in [1.29, 1.82) is 0 Å². The standard InChI is InChI=1S/C22H25N3O6S/c1-24(12-14-5-6-16-17(9-14)30-8-7-29-16)13-25-22(32)31-21(23-25)15-10-18(26-2)20(28-4)19(11-15)27-3/h5-6,9-11H,7-8,12-13H2,1-4H3. The quantitative estimate of drug-likeness (QED) is 0.468. The smallest absolute Gasteiger partial charge is 0.288 e. The summed E-state index contributed by atoms with van der Waals surface area (Å²) in [5.41, 5.74) is 1.76. The van der Waals surface area contributed by atoms with Gasteiger partial charge >= 0.3 is 0 Å². The second-order valence-corrected chi connectivity index (χ2v) is 7.57. The molecule has 0 saturated heterocycles. The average molecular weight is 460 g/mol. The maximum atomic E-state index is 5.75. The number of ether oxygens (including phenoxy) is 5. The van der Waals surface area contributed by atoms with Gasteiger partial charge in [0, 0.05) is 12.1 Å². The number of methoxy groups -OCH3 is 3. The summed E-state index contributed by atoms with van der Waals surface area (Å²) in [6.45, 7) is 2.25. The van der Waals surface area contributed by atoms with E-state index in [2.05, 4.69) is 10.00 Å². The van der Waals surface area contributed by atoms with Gasteiger partial charge in [0.2, 0.25) is 11.6 Å². The molecule has 0 fully saturated rings. The normalized spacial score (nSPS) is 12.7. The number of fused-ring (bicyclic) bond motifs is 1. The fourth-order valence-corrected chi connectivity index (χ4v) is 3.67. The van der Waals surface area contributed by atoms with Crippen LogP contribution in [0.4, 0.5) is 0 Å². The molecule has 4 rings (SSSR count). The molecule has 3 aromatic rings. The molecule has 170 valence electrons. The number of benzene rings is 2. The highest BCUT2D eigenvalue weighted by Gasteiger charge is 2.18. The molecule has 10 heteroatoms. The van der Waals surface area contributed by atoms with Gasteiger partial charge in [0.1, 0.15) is 13.2 Å². The van der Waals surface area contributed by atoms with Gasteiger partial charge in [0.15, 0.2) is 23.0 Å². The molecule has 0 unspecified atom stereocenters. The minimum absolute atomic E-state index is 0.266. The Morgan fingerprint density at radius 1 is 1.00 bits per heavy atom. The lowest BCUT2D eigenvalue weighted by Gasteiger charge is -2.20. The van der Waals surface area contributed by atoms with Gasteiger partial charge in [0.05, 0.1) is 28.0 Å². The molecule has 2 heterocycles. The van der Waals surface area contributed by atoms with Gasteiger partial charge in [-0.2, -0.15) is 0 Å². The molecule has 0 bridgehead atoms. The van der Waals surface area contributed by atoms with E-state index in [0.29, 0.717) is 55.1 Å². The maximum absolute atomic E-state index is 5.75. The van der Waals surface area contributed by atoms with E-state index in [0.717, 1.165) is 17.1 Å². The Balaban J connectivity index is 1.52. The fraction of sp³-hybridized carbons (Fsp3) is 0.364. The molecule has 9 nitrogen and oxygen atoms in total. The van der Waals surface area contributed by atoms with Crippen LogP contribution in [0.15, 0.2) is 34.7 Å². The van der Waals surface area contributed by atoms with E-state index >= 15 is 0 Å². The molecule has 1 aliphatic rings. The van der Waals surface area contributed by atoms with E-state index < -0.39 is 0 Å². The fourth-order valence-electron chi connectivity index (χ4n) is 3.49. The molecule has 1 aromatic heterocycles. The molecule has 0 N–H and O–H groups in total. The van der Waals surface area contributed by atoms with Gasteiger partial charge in [0.25, 0.3) is 4.84 Å². The molecule has 0 radical (unpaired) electrons. The SMILES string of the molecule is COc1cc(-c2nn(CN(C)Cc3ccc4c(c3)OCCO4)c(=S)o2)cc(OC)c1OC. The maximum Gasteiger partial charge on any atom is 0.288 e. The lowest BCUT2D eigenvalue weighted by molar-refractivity contribution is 0.171. The molecule has 2 aromatic carbocycles. The van der Waals surface area contributed by atoms with Crippen molar-refractivity contribution in [1.82, 2.24) is 14.7 Å². The Morgan fingerprint density at radius 3 is 2.34 bits per heavy atom. The number of rotatable bonds is 8. The zero-order valence-corrected chi connectivity index (χ0v) is 19.2. The summed E-state index contributed by atoms with van der Waals surface area (Å²) in [4.78, 5) is 2.34. The Bertz CT molecular complexity index is 1130. The first kappa shape index (κ1) is 22.0. The van der Waals surface area contributed by atoms with Crippen molar-refractivity contribution in [2.24, 2.45) is 0 Å². The third-order valence-electron chi connectivity index (χ3n) is 4.95. The molecular formula is C22H25N3O6S. The summed E-state index contributed by atoms with van der Waals surface area (Å²) < 4.78 is 34.8. The van der Waals surface area contributed by atoms with E-state index in [1.165, 1.54) is 0 Å². The minimum atomic E-state index is 0.266. The largest absolute Gasteiger partial charge is 0.493 e. The van der Waals surface area contributed by atoms with Crippen molar-refractivity contribution in [3.05, 3.63) is 40.7 Å². The third-order valence-corrected chi connectivity index (χ3v) is 5.25. The van der Waals surface area contributed by atoms with Gasteiger partial charge in [-0.25, -0.2) is 4.68 Å². The van der Waals surface area contributed by atoms with Crippen LogP contribution in [-0.2, 0) is 13.2 Å². The highest BCUT2D eigenvalue weighted by atomic mass is 32.1. The van der Waals surface area contributed by atoms with Crippen molar-refractivity contribution in [3.63, 3.8) is 0 Å². The van der Waals surface area contributed by atoms with E-state index in [1.807, 2.05) is 25.2 Å². The van der Waals surface area contributed by atoms with Gasteiger partial charge < -0.3 is 28.1 Å². The van der Waals surface area contributed by atoms with Gasteiger partial charge in [-0.15, -0.1) is 5.10 Å². The number of hydrogen-bond acceptors (Lipinski definition) is 9. The van der Waals surface area contributed by atoms with Gasteiger partial charge in [-0.3, -0.25) is 4.90 Å². The summed E-state index contributed by atoms with van der Waals surface area (Å²) in [5, 5.41) is 4.55. The van der Waals surface area contributed by atoms with Crippen LogP contribution in [-0.4, -0.2) is 56.3 Å². The van der Waals surface area contributed by atoms with E-state index in [9.17, 15) is 0 Å². The Labute approximate surface area is 191 Å². The third kappa shape index (κ3) is 4.51. The topological polar surface area (TPSA) is 80.4 Å². The molecule has 0 amide bonds. The second kappa shape index (κ2) is 9.49. The minimum Gasteiger partial charge on any atom is -0.493 e. The predicted molar refractivity (Wildman–Crippen MR) is 119 cm³/mol. The van der Waals surface area contributed by atoms with E-state index in [1.54, 1.807) is 38.1 Å². The van der Waals surface area contributed by atoms with Crippen molar-refractivity contribution in [3.8, 4) is 40.2 Å². The Morgan fingerprint density at radius 2 is 1.69 bits per heavy atom. The summed E-state index contributed by atoms with van der Waals surface area (Å²) in [6, 6.07) is 9.49. The van der Waals surface area contributed by atoms with Crippen LogP contribution in [0.25, 0.3) is 11.5 Å². The highest BCUT2D eigenvalue weighted by molar-refractivity contribution is 7.71. The molecule has 0 saturated carbocycles. The first-order valence-corrected chi connectivity index (χ1v) is 10.4. The van der Waals surface area contributed by atoms with Crippen LogP contribution in [0, 0.1) is 4.84 Å². The molecule has 0 atom stereocenters.